The second-order valence-corrected chi connectivity index (χ2v) is 6.23. The molecule has 3 rings (SSSR count). The Morgan fingerprint density at radius 2 is 1.26 bits per heavy atom. The van der Waals surface area contributed by atoms with Gasteiger partial charge < -0.3 is 9.64 Å². The zero-order chi connectivity index (χ0) is 18.7. The zero-order valence-corrected chi connectivity index (χ0v) is 15.7. The Kier molecular flexibility index (Phi) is 6.88. The molecule has 0 saturated carbocycles. The van der Waals surface area contributed by atoms with E-state index in [4.69, 9.17) is 4.74 Å². The number of ether oxygens (including phenoxy) is 1. The maximum absolute atomic E-state index is 5.39. The summed E-state index contributed by atoms with van der Waals surface area (Å²) in [6.45, 7) is 1.64. The van der Waals surface area contributed by atoms with Crippen molar-refractivity contribution in [2.45, 2.75) is 0 Å². The Morgan fingerprint density at radius 3 is 1.78 bits per heavy atom. The van der Waals surface area contributed by atoms with Crippen molar-refractivity contribution in [3.8, 4) is 5.75 Å². The number of anilines is 1. The van der Waals surface area contributed by atoms with Crippen molar-refractivity contribution in [2.75, 3.05) is 25.1 Å². The van der Waals surface area contributed by atoms with Crippen LogP contribution in [0.4, 0.5) is 5.69 Å². The fourth-order valence-electron chi connectivity index (χ4n) is 2.85. The van der Waals surface area contributed by atoms with E-state index < -0.39 is 0 Å². The van der Waals surface area contributed by atoms with Crippen molar-refractivity contribution in [1.82, 2.24) is 0 Å². The number of benzene rings is 3. The molecule has 0 radical (unpaired) electrons. The Morgan fingerprint density at radius 1 is 0.704 bits per heavy atom. The molecule has 0 amide bonds. The number of rotatable bonds is 8. The summed E-state index contributed by atoms with van der Waals surface area (Å²) >= 11 is 0. The van der Waals surface area contributed by atoms with E-state index in [9.17, 15) is 0 Å². The lowest BCUT2D eigenvalue weighted by atomic mass is 10.2. The van der Waals surface area contributed by atoms with Crippen LogP contribution in [0.5, 0.6) is 5.75 Å². The van der Waals surface area contributed by atoms with E-state index in [0.29, 0.717) is 0 Å². The maximum atomic E-state index is 5.39. The first-order chi connectivity index (χ1) is 13.3. The van der Waals surface area contributed by atoms with E-state index in [1.54, 1.807) is 7.11 Å². The molecule has 136 valence electrons. The summed E-state index contributed by atoms with van der Waals surface area (Å²) in [5, 5.41) is 0. The molecule has 0 aliphatic carbocycles. The van der Waals surface area contributed by atoms with E-state index in [0.717, 1.165) is 24.5 Å². The van der Waals surface area contributed by atoms with Crippen molar-refractivity contribution >= 4 is 17.8 Å². The molecule has 2 heteroatoms. The minimum atomic E-state index is 0.821. The summed E-state index contributed by atoms with van der Waals surface area (Å²) in [5.74, 6) is 0.872. The highest BCUT2D eigenvalue weighted by atomic mass is 16.5. The molecule has 0 unspecified atom stereocenters. The first-order valence-electron chi connectivity index (χ1n) is 9.17. The lowest BCUT2D eigenvalue weighted by Crippen LogP contribution is -2.23. The Hall–Kier alpha value is -3.26. The third kappa shape index (κ3) is 5.89. The van der Waals surface area contributed by atoms with E-state index in [1.807, 2.05) is 24.3 Å². The molecular formula is C25H25NO. The van der Waals surface area contributed by atoms with E-state index >= 15 is 0 Å². The van der Waals surface area contributed by atoms with Crippen LogP contribution in [0, 0.1) is 0 Å². The van der Waals surface area contributed by atoms with Gasteiger partial charge in [-0.25, -0.2) is 0 Å². The van der Waals surface area contributed by atoms with Gasteiger partial charge in [0.1, 0.15) is 5.75 Å². The quantitative estimate of drug-likeness (QED) is 0.497. The van der Waals surface area contributed by atoms with Gasteiger partial charge in [-0.05, 0) is 23.3 Å². The zero-order valence-electron chi connectivity index (χ0n) is 15.7. The SMILES string of the molecule is COc1cccc(N(CC=Cc2ccccc2)CC=Cc2ccccc2)c1. The minimum Gasteiger partial charge on any atom is -0.497 e. The molecule has 0 spiro atoms. The molecule has 3 aromatic carbocycles. The first-order valence-corrected chi connectivity index (χ1v) is 9.17. The number of nitrogens with zero attached hydrogens (tertiary/aromatic N) is 1. The number of hydrogen-bond donors (Lipinski definition) is 0. The van der Waals surface area contributed by atoms with Crippen LogP contribution in [-0.2, 0) is 0 Å². The molecular weight excluding hydrogens is 330 g/mol. The van der Waals surface area contributed by atoms with Crippen LogP contribution in [0.1, 0.15) is 11.1 Å². The van der Waals surface area contributed by atoms with E-state index in [-0.39, 0.29) is 0 Å². The highest BCUT2D eigenvalue weighted by molar-refractivity contribution is 5.56. The van der Waals surface area contributed by atoms with Gasteiger partial charge in [0.15, 0.2) is 0 Å². The van der Waals surface area contributed by atoms with Crippen LogP contribution in [-0.4, -0.2) is 20.2 Å². The van der Waals surface area contributed by atoms with Crippen LogP contribution < -0.4 is 9.64 Å². The Labute approximate surface area is 162 Å². The number of hydrogen-bond acceptors (Lipinski definition) is 2. The highest BCUT2D eigenvalue weighted by Crippen LogP contribution is 2.21. The van der Waals surface area contributed by atoms with Gasteiger partial charge in [0.25, 0.3) is 0 Å². The standard InChI is InChI=1S/C25H25NO/c1-27-25-18-8-17-24(21-25)26(19-9-15-22-11-4-2-5-12-22)20-10-16-23-13-6-3-7-14-23/h2-18,21H,19-20H2,1H3. The normalized spacial score (nSPS) is 11.1. The van der Waals surface area contributed by atoms with Crippen molar-refractivity contribution < 1.29 is 4.74 Å². The van der Waals surface area contributed by atoms with Gasteiger partial charge in [0.05, 0.1) is 7.11 Å². The van der Waals surface area contributed by atoms with Gasteiger partial charge in [-0.2, -0.15) is 0 Å². The van der Waals surface area contributed by atoms with Gasteiger partial charge >= 0.3 is 0 Å². The average molecular weight is 355 g/mol. The molecule has 3 aromatic rings. The van der Waals surface area contributed by atoms with Gasteiger partial charge in [-0.15, -0.1) is 0 Å². The predicted octanol–water partition coefficient (Wildman–Crippen LogP) is 5.93. The van der Waals surface area contributed by atoms with Gasteiger partial charge in [0.2, 0.25) is 0 Å². The summed E-state index contributed by atoms with van der Waals surface area (Å²) in [4.78, 5) is 2.32. The molecule has 0 N–H and O–H groups in total. The summed E-state index contributed by atoms with van der Waals surface area (Å²) in [5.41, 5.74) is 3.57. The van der Waals surface area contributed by atoms with Crippen molar-refractivity contribution in [3.63, 3.8) is 0 Å². The fraction of sp³-hybridized carbons (Fsp3) is 0.120. The van der Waals surface area contributed by atoms with E-state index in [1.165, 1.54) is 11.1 Å². The van der Waals surface area contributed by atoms with Gasteiger partial charge in [-0.3, -0.25) is 0 Å². The molecule has 0 fully saturated rings. The predicted molar refractivity (Wildman–Crippen MR) is 116 cm³/mol. The van der Waals surface area contributed by atoms with Crippen molar-refractivity contribution in [1.29, 1.82) is 0 Å². The summed E-state index contributed by atoms with van der Waals surface area (Å²) in [7, 11) is 1.70. The van der Waals surface area contributed by atoms with Crippen LogP contribution in [0.25, 0.3) is 12.2 Å². The average Bonchev–Trinajstić information content (AvgIpc) is 2.74. The largest absolute Gasteiger partial charge is 0.497 e. The summed E-state index contributed by atoms with van der Waals surface area (Å²) < 4.78 is 5.39. The maximum Gasteiger partial charge on any atom is 0.120 e. The van der Waals surface area contributed by atoms with Crippen LogP contribution >= 0.6 is 0 Å². The van der Waals surface area contributed by atoms with Crippen molar-refractivity contribution in [2.24, 2.45) is 0 Å². The number of methoxy groups -OCH3 is 1. The first kappa shape index (κ1) is 18.5. The second-order valence-electron chi connectivity index (χ2n) is 6.23. The Bertz CT molecular complexity index is 818. The lowest BCUT2D eigenvalue weighted by Gasteiger charge is -2.22. The monoisotopic (exact) mass is 355 g/mol. The minimum absolute atomic E-state index is 0.821. The Balaban J connectivity index is 1.73. The third-order valence-corrected chi connectivity index (χ3v) is 4.29. The summed E-state index contributed by atoms with van der Waals surface area (Å²) in [6, 6.07) is 29.0. The van der Waals surface area contributed by atoms with Crippen LogP contribution in [0.15, 0.2) is 97.1 Å². The molecule has 0 heterocycles. The molecule has 0 aliphatic rings. The highest BCUT2D eigenvalue weighted by Gasteiger charge is 2.04. The summed E-state index contributed by atoms with van der Waals surface area (Å²) in [6.07, 6.45) is 8.72. The van der Waals surface area contributed by atoms with Gasteiger partial charge in [-0.1, -0.05) is 91.0 Å². The molecule has 0 saturated heterocycles. The van der Waals surface area contributed by atoms with Crippen LogP contribution in [0.2, 0.25) is 0 Å². The smallest absolute Gasteiger partial charge is 0.120 e. The molecule has 0 aromatic heterocycles. The second kappa shape index (κ2) is 10.0. The topological polar surface area (TPSA) is 12.5 Å². The fourth-order valence-corrected chi connectivity index (χ4v) is 2.85. The molecule has 27 heavy (non-hydrogen) atoms. The molecule has 0 bridgehead atoms. The van der Waals surface area contributed by atoms with Gasteiger partial charge in [0, 0.05) is 24.8 Å². The van der Waals surface area contributed by atoms with Crippen molar-refractivity contribution in [3.05, 3.63) is 108 Å². The van der Waals surface area contributed by atoms with Crippen LogP contribution in [0.3, 0.4) is 0 Å². The molecule has 0 aliphatic heterocycles. The van der Waals surface area contributed by atoms with E-state index in [2.05, 4.69) is 89.9 Å². The lowest BCUT2D eigenvalue weighted by molar-refractivity contribution is 0.415. The molecule has 0 atom stereocenters. The molecule has 2 nitrogen and oxygen atoms in total. The third-order valence-electron chi connectivity index (χ3n) is 4.29.